The smallest absolute Gasteiger partial charge is 0.343 e. The molecule has 4 aromatic rings. The van der Waals surface area contributed by atoms with Crippen molar-refractivity contribution in [3.63, 3.8) is 0 Å². The first-order valence-electron chi connectivity index (χ1n) is 10.9. The standard InChI is InChI=1S/C27H25N3O5/c1-17-8-10-18(11-9-17)23-15-25(35-16-26(31)34-3)20-14-19(12-13-21(20)29-23)28-27(32)30-22-6-4-5-7-24(22)33-2/h4-15H,16H2,1-3H3,(H2,28,30,32). The van der Waals surface area contributed by atoms with Crippen LogP contribution in [0.25, 0.3) is 22.2 Å². The van der Waals surface area contributed by atoms with Crippen LogP contribution < -0.4 is 20.1 Å². The number of benzene rings is 3. The van der Waals surface area contributed by atoms with E-state index in [2.05, 4.69) is 10.6 Å². The number of nitrogens with one attached hydrogen (secondary N) is 2. The van der Waals surface area contributed by atoms with Gasteiger partial charge in [-0.15, -0.1) is 0 Å². The maximum atomic E-state index is 12.6. The number of aromatic nitrogens is 1. The number of rotatable bonds is 7. The van der Waals surface area contributed by atoms with E-state index < -0.39 is 12.0 Å². The van der Waals surface area contributed by atoms with Crippen molar-refractivity contribution in [2.45, 2.75) is 6.92 Å². The third-order valence-corrected chi connectivity index (χ3v) is 5.30. The molecule has 0 radical (unpaired) electrons. The summed E-state index contributed by atoms with van der Waals surface area (Å²) in [5.41, 5.74) is 4.47. The molecule has 3 aromatic carbocycles. The topological polar surface area (TPSA) is 98.8 Å². The number of methoxy groups -OCH3 is 2. The van der Waals surface area contributed by atoms with Crippen molar-refractivity contribution in [1.29, 1.82) is 0 Å². The largest absolute Gasteiger partial charge is 0.495 e. The molecule has 1 heterocycles. The molecule has 0 atom stereocenters. The lowest BCUT2D eigenvalue weighted by Crippen LogP contribution is -2.19. The Labute approximate surface area is 202 Å². The molecule has 0 bridgehead atoms. The lowest BCUT2D eigenvalue weighted by Gasteiger charge is -2.14. The Bertz CT molecular complexity index is 1370. The number of hydrogen-bond donors (Lipinski definition) is 2. The Balaban J connectivity index is 1.65. The first-order chi connectivity index (χ1) is 17.0. The summed E-state index contributed by atoms with van der Waals surface area (Å²) >= 11 is 0. The van der Waals surface area contributed by atoms with Crippen LogP contribution in [0.5, 0.6) is 11.5 Å². The summed E-state index contributed by atoms with van der Waals surface area (Å²) in [6.45, 7) is 1.76. The maximum Gasteiger partial charge on any atom is 0.343 e. The van der Waals surface area contributed by atoms with Gasteiger partial charge in [0.2, 0.25) is 0 Å². The molecule has 0 aliphatic rings. The van der Waals surface area contributed by atoms with Crippen LogP contribution in [0.2, 0.25) is 0 Å². The van der Waals surface area contributed by atoms with Gasteiger partial charge < -0.3 is 24.8 Å². The Morgan fingerprint density at radius 3 is 2.40 bits per heavy atom. The van der Waals surface area contributed by atoms with Gasteiger partial charge in [-0.2, -0.15) is 0 Å². The van der Waals surface area contributed by atoms with Gasteiger partial charge in [-0.1, -0.05) is 42.0 Å². The first-order valence-corrected chi connectivity index (χ1v) is 10.9. The van der Waals surface area contributed by atoms with E-state index in [1.165, 1.54) is 14.2 Å². The predicted octanol–water partition coefficient (Wildman–Crippen LogP) is 5.41. The summed E-state index contributed by atoms with van der Waals surface area (Å²) in [4.78, 5) is 29.1. The van der Waals surface area contributed by atoms with E-state index in [4.69, 9.17) is 19.2 Å². The van der Waals surface area contributed by atoms with Gasteiger partial charge in [0, 0.05) is 22.7 Å². The number of anilines is 2. The number of carbonyl (C=O) groups is 2. The first kappa shape index (κ1) is 23.6. The zero-order chi connectivity index (χ0) is 24.8. The van der Waals surface area contributed by atoms with Crippen LogP contribution in [0.15, 0.2) is 72.8 Å². The highest BCUT2D eigenvalue weighted by atomic mass is 16.6. The van der Waals surface area contributed by atoms with Crippen molar-refractivity contribution in [2.75, 3.05) is 31.5 Å². The summed E-state index contributed by atoms with van der Waals surface area (Å²) in [5.74, 6) is 0.495. The number of fused-ring (bicyclic) bond motifs is 1. The zero-order valence-electron chi connectivity index (χ0n) is 19.6. The van der Waals surface area contributed by atoms with E-state index in [1.807, 2.05) is 37.3 Å². The summed E-state index contributed by atoms with van der Waals surface area (Å²) in [7, 11) is 2.84. The number of esters is 1. The minimum atomic E-state index is -0.502. The van der Waals surface area contributed by atoms with Gasteiger partial charge in [0.05, 0.1) is 31.1 Å². The summed E-state index contributed by atoms with van der Waals surface area (Å²) < 4.78 is 15.8. The highest BCUT2D eigenvalue weighted by Gasteiger charge is 2.13. The lowest BCUT2D eigenvalue weighted by atomic mass is 10.1. The van der Waals surface area contributed by atoms with Crippen molar-refractivity contribution >= 4 is 34.3 Å². The quantitative estimate of drug-likeness (QED) is 0.350. The molecule has 2 N–H and O–H groups in total. The molecule has 0 aliphatic heterocycles. The zero-order valence-corrected chi connectivity index (χ0v) is 19.6. The average molecular weight is 472 g/mol. The Morgan fingerprint density at radius 1 is 0.886 bits per heavy atom. The number of amides is 2. The second-order valence-corrected chi connectivity index (χ2v) is 7.75. The van der Waals surface area contributed by atoms with E-state index in [9.17, 15) is 9.59 Å². The SMILES string of the molecule is COC(=O)COc1cc(-c2ccc(C)cc2)nc2ccc(NC(=O)Nc3ccccc3OC)cc12. The van der Waals surface area contributed by atoms with Gasteiger partial charge in [0.15, 0.2) is 6.61 Å². The molecule has 178 valence electrons. The second-order valence-electron chi connectivity index (χ2n) is 7.75. The molecule has 0 spiro atoms. The molecular formula is C27H25N3O5. The third-order valence-electron chi connectivity index (χ3n) is 5.30. The van der Waals surface area contributed by atoms with Crippen molar-refractivity contribution in [3.8, 4) is 22.8 Å². The number of carbonyl (C=O) groups excluding carboxylic acids is 2. The molecule has 2 amide bonds. The normalized spacial score (nSPS) is 10.5. The molecule has 8 nitrogen and oxygen atoms in total. The molecule has 0 saturated carbocycles. The van der Waals surface area contributed by atoms with Gasteiger partial charge in [0.25, 0.3) is 0 Å². The van der Waals surface area contributed by atoms with E-state index >= 15 is 0 Å². The molecule has 35 heavy (non-hydrogen) atoms. The Hall–Kier alpha value is -4.59. The summed E-state index contributed by atoms with van der Waals surface area (Å²) in [5, 5.41) is 6.22. The molecule has 1 aromatic heterocycles. The molecule has 0 saturated heterocycles. The van der Waals surface area contributed by atoms with Crippen LogP contribution in [-0.4, -0.2) is 37.8 Å². The fourth-order valence-corrected chi connectivity index (χ4v) is 3.49. The van der Waals surface area contributed by atoms with Crippen molar-refractivity contribution in [2.24, 2.45) is 0 Å². The number of ether oxygens (including phenoxy) is 3. The Kier molecular flexibility index (Phi) is 7.11. The molecular weight excluding hydrogens is 446 g/mol. The van der Waals surface area contributed by atoms with E-state index in [1.54, 1.807) is 42.5 Å². The lowest BCUT2D eigenvalue weighted by molar-refractivity contribution is -0.142. The van der Waals surface area contributed by atoms with Crippen LogP contribution in [0.1, 0.15) is 5.56 Å². The number of urea groups is 1. The molecule has 8 heteroatoms. The van der Waals surface area contributed by atoms with Crippen LogP contribution in [0.4, 0.5) is 16.2 Å². The highest BCUT2D eigenvalue weighted by molar-refractivity contribution is 6.02. The number of pyridine rings is 1. The fraction of sp³-hybridized carbons (Fsp3) is 0.148. The van der Waals surface area contributed by atoms with Gasteiger partial charge in [0.1, 0.15) is 11.5 Å². The average Bonchev–Trinajstić information content (AvgIpc) is 2.87. The third kappa shape index (κ3) is 5.67. The summed E-state index contributed by atoms with van der Waals surface area (Å²) in [6, 6.07) is 21.7. The van der Waals surface area contributed by atoms with Gasteiger partial charge >= 0.3 is 12.0 Å². The van der Waals surface area contributed by atoms with E-state index in [0.29, 0.717) is 39.5 Å². The Morgan fingerprint density at radius 2 is 1.66 bits per heavy atom. The molecule has 0 unspecified atom stereocenters. The highest BCUT2D eigenvalue weighted by Crippen LogP contribution is 2.32. The predicted molar refractivity (Wildman–Crippen MR) is 135 cm³/mol. The summed E-state index contributed by atoms with van der Waals surface area (Å²) in [6.07, 6.45) is 0. The molecule has 4 rings (SSSR count). The molecule has 0 aliphatic carbocycles. The van der Waals surface area contributed by atoms with Crippen LogP contribution in [-0.2, 0) is 9.53 Å². The van der Waals surface area contributed by atoms with Crippen molar-refractivity contribution < 1.29 is 23.8 Å². The number of nitrogens with zero attached hydrogens (tertiary/aromatic N) is 1. The number of para-hydroxylation sites is 2. The van der Waals surface area contributed by atoms with Crippen LogP contribution in [0.3, 0.4) is 0 Å². The van der Waals surface area contributed by atoms with Crippen LogP contribution >= 0.6 is 0 Å². The number of hydrogen-bond acceptors (Lipinski definition) is 6. The number of aryl methyl sites for hydroxylation is 1. The van der Waals surface area contributed by atoms with Crippen molar-refractivity contribution in [3.05, 3.63) is 78.4 Å². The monoisotopic (exact) mass is 471 g/mol. The van der Waals surface area contributed by atoms with Gasteiger partial charge in [-0.3, -0.25) is 0 Å². The van der Waals surface area contributed by atoms with E-state index in [0.717, 1.165) is 11.1 Å². The van der Waals surface area contributed by atoms with E-state index in [-0.39, 0.29) is 6.61 Å². The molecule has 0 fully saturated rings. The maximum absolute atomic E-state index is 12.6. The van der Waals surface area contributed by atoms with Crippen molar-refractivity contribution in [1.82, 2.24) is 4.98 Å². The minimum absolute atomic E-state index is 0.255. The second kappa shape index (κ2) is 10.6. The van der Waals surface area contributed by atoms with Gasteiger partial charge in [-0.25, -0.2) is 14.6 Å². The van der Waals surface area contributed by atoms with Gasteiger partial charge in [-0.05, 0) is 37.3 Å². The minimum Gasteiger partial charge on any atom is -0.495 e. The fourth-order valence-electron chi connectivity index (χ4n) is 3.49. The van der Waals surface area contributed by atoms with Crippen LogP contribution in [0, 0.1) is 6.92 Å².